The molecular formula is C17H22N2O. The fourth-order valence-corrected chi connectivity index (χ4v) is 2.79. The van der Waals surface area contributed by atoms with Crippen LogP contribution in [0.4, 0.5) is 0 Å². The molecule has 1 N–H and O–H groups in total. The van der Waals surface area contributed by atoms with E-state index in [0.717, 1.165) is 36.2 Å². The maximum atomic E-state index is 12.5. The Balaban J connectivity index is 1.85. The molecule has 0 amide bonds. The van der Waals surface area contributed by atoms with Gasteiger partial charge >= 0.3 is 0 Å². The molecule has 106 valence electrons. The molecule has 3 rings (SSSR count). The maximum Gasteiger partial charge on any atom is 0.258 e. The monoisotopic (exact) mass is 270 g/mol. The summed E-state index contributed by atoms with van der Waals surface area (Å²) in [6.45, 7) is 4.00. The Labute approximate surface area is 119 Å². The first kappa shape index (κ1) is 13.4. The first-order valence-electron chi connectivity index (χ1n) is 7.61. The van der Waals surface area contributed by atoms with Crippen molar-refractivity contribution in [2.45, 2.75) is 38.8 Å². The smallest absolute Gasteiger partial charge is 0.258 e. The van der Waals surface area contributed by atoms with Gasteiger partial charge in [0.1, 0.15) is 0 Å². The predicted molar refractivity (Wildman–Crippen MR) is 83.0 cm³/mol. The molecule has 3 heteroatoms. The average molecular weight is 270 g/mol. The number of hydrogen-bond donors (Lipinski definition) is 1. The summed E-state index contributed by atoms with van der Waals surface area (Å²) in [5.74, 6) is 0.750. The van der Waals surface area contributed by atoms with Gasteiger partial charge in [-0.3, -0.25) is 4.79 Å². The van der Waals surface area contributed by atoms with E-state index in [1.54, 1.807) is 0 Å². The van der Waals surface area contributed by atoms with E-state index < -0.39 is 0 Å². The summed E-state index contributed by atoms with van der Waals surface area (Å²) in [6.07, 6.45) is 5.66. The fourth-order valence-electron chi connectivity index (χ4n) is 2.79. The Morgan fingerprint density at radius 1 is 1.30 bits per heavy atom. The summed E-state index contributed by atoms with van der Waals surface area (Å²) in [4.78, 5) is 12.5. The van der Waals surface area contributed by atoms with Gasteiger partial charge in [-0.15, -0.1) is 0 Å². The highest BCUT2D eigenvalue weighted by molar-refractivity contribution is 5.81. The van der Waals surface area contributed by atoms with Crippen LogP contribution in [0.5, 0.6) is 0 Å². The first-order chi connectivity index (χ1) is 9.79. The van der Waals surface area contributed by atoms with Crippen molar-refractivity contribution >= 4 is 10.8 Å². The van der Waals surface area contributed by atoms with Crippen LogP contribution >= 0.6 is 0 Å². The number of benzene rings is 1. The molecule has 20 heavy (non-hydrogen) atoms. The molecule has 1 aliphatic rings. The van der Waals surface area contributed by atoms with Crippen LogP contribution in [0.1, 0.15) is 26.2 Å². The molecule has 2 aromatic rings. The van der Waals surface area contributed by atoms with Gasteiger partial charge in [-0.25, -0.2) is 0 Å². The summed E-state index contributed by atoms with van der Waals surface area (Å²) in [5, 5.41) is 5.44. The number of nitrogens with zero attached hydrogens (tertiary/aromatic N) is 1. The molecule has 1 heterocycles. The normalized spacial score (nSPS) is 16.4. The maximum absolute atomic E-state index is 12.5. The summed E-state index contributed by atoms with van der Waals surface area (Å²) < 4.78 is 1.87. The van der Waals surface area contributed by atoms with Gasteiger partial charge in [0.25, 0.3) is 5.56 Å². The molecule has 1 atom stereocenters. The molecule has 0 spiro atoms. The highest BCUT2D eigenvalue weighted by atomic mass is 16.1. The SMILES string of the molecule is CCCNC(Cn1ccc2ccccc2c1=O)C1CC1. The number of aromatic nitrogens is 1. The number of hydrogen-bond acceptors (Lipinski definition) is 2. The Bertz CT molecular complexity index is 643. The highest BCUT2D eigenvalue weighted by Crippen LogP contribution is 2.33. The van der Waals surface area contributed by atoms with Gasteiger partial charge in [0, 0.05) is 24.2 Å². The second-order valence-corrected chi connectivity index (χ2v) is 5.76. The highest BCUT2D eigenvalue weighted by Gasteiger charge is 2.31. The lowest BCUT2D eigenvalue weighted by Gasteiger charge is -2.19. The minimum Gasteiger partial charge on any atom is -0.313 e. The molecular weight excluding hydrogens is 248 g/mol. The van der Waals surface area contributed by atoms with Crippen LogP contribution in [0, 0.1) is 5.92 Å². The minimum atomic E-state index is 0.132. The summed E-state index contributed by atoms with van der Waals surface area (Å²) in [7, 11) is 0. The van der Waals surface area contributed by atoms with E-state index in [2.05, 4.69) is 12.2 Å². The van der Waals surface area contributed by atoms with Crippen molar-refractivity contribution in [2.24, 2.45) is 5.92 Å². The van der Waals surface area contributed by atoms with Gasteiger partial charge in [0.15, 0.2) is 0 Å². The van der Waals surface area contributed by atoms with Crippen LogP contribution in [-0.2, 0) is 6.54 Å². The van der Waals surface area contributed by atoms with Crippen LogP contribution in [0.3, 0.4) is 0 Å². The Morgan fingerprint density at radius 3 is 2.85 bits per heavy atom. The van der Waals surface area contributed by atoms with Crippen LogP contribution in [0.15, 0.2) is 41.3 Å². The molecule has 1 unspecified atom stereocenters. The molecule has 3 nitrogen and oxygen atoms in total. The van der Waals surface area contributed by atoms with E-state index in [0.29, 0.717) is 6.04 Å². The average Bonchev–Trinajstić information content (AvgIpc) is 3.30. The Morgan fingerprint density at radius 2 is 2.10 bits per heavy atom. The van der Waals surface area contributed by atoms with E-state index in [1.807, 2.05) is 41.1 Å². The summed E-state index contributed by atoms with van der Waals surface area (Å²) >= 11 is 0. The zero-order valence-corrected chi connectivity index (χ0v) is 12.0. The van der Waals surface area contributed by atoms with Gasteiger partial charge < -0.3 is 9.88 Å². The third-order valence-corrected chi connectivity index (χ3v) is 4.13. The topological polar surface area (TPSA) is 34.0 Å². The summed E-state index contributed by atoms with van der Waals surface area (Å²) in [5.41, 5.74) is 0.132. The second kappa shape index (κ2) is 5.80. The Hall–Kier alpha value is -1.61. The standard InChI is InChI=1S/C17H22N2O/c1-2-10-18-16(14-7-8-14)12-19-11-9-13-5-3-4-6-15(13)17(19)20/h3-6,9,11,14,16,18H,2,7-8,10,12H2,1H3. The molecule has 0 aliphatic heterocycles. The van der Waals surface area contributed by atoms with Crippen molar-refractivity contribution in [3.8, 4) is 0 Å². The van der Waals surface area contributed by atoms with Crippen molar-refractivity contribution in [3.63, 3.8) is 0 Å². The van der Waals surface area contributed by atoms with Crippen LogP contribution < -0.4 is 10.9 Å². The van der Waals surface area contributed by atoms with Crippen LogP contribution in [0.25, 0.3) is 10.8 Å². The van der Waals surface area contributed by atoms with E-state index in [9.17, 15) is 4.79 Å². The lowest BCUT2D eigenvalue weighted by molar-refractivity contribution is 0.403. The van der Waals surface area contributed by atoms with Gasteiger partial charge in [0.2, 0.25) is 0 Å². The van der Waals surface area contributed by atoms with Gasteiger partial charge in [0.05, 0.1) is 0 Å². The number of nitrogens with one attached hydrogen (secondary N) is 1. The van der Waals surface area contributed by atoms with Crippen molar-refractivity contribution in [1.29, 1.82) is 0 Å². The van der Waals surface area contributed by atoms with Gasteiger partial charge in [-0.1, -0.05) is 25.1 Å². The zero-order valence-electron chi connectivity index (χ0n) is 12.0. The number of rotatable bonds is 6. The van der Waals surface area contributed by atoms with Crippen molar-refractivity contribution < 1.29 is 0 Å². The molecule has 1 aromatic heterocycles. The second-order valence-electron chi connectivity index (χ2n) is 5.76. The van der Waals surface area contributed by atoms with Crippen LogP contribution in [-0.4, -0.2) is 17.2 Å². The molecule has 0 bridgehead atoms. The molecule has 1 saturated carbocycles. The van der Waals surface area contributed by atoms with E-state index in [4.69, 9.17) is 0 Å². The van der Waals surface area contributed by atoms with Gasteiger partial charge in [-0.2, -0.15) is 0 Å². The molecule has 0 radical (unpaired) electrons. The first-order valence-corrected chi connectivity index (χ1v) is 7.61. The molecule has 0 saturated heterocycles. The third kappa shape index (κ3) is 2.78. The van der Waals surface area contributed by atoms with Crippen molar-refractivity contribution in [1.82, 2.24) is 9.88 Å². The predicted octanol–water partition coefficient (Wildman–Crippen LogP) is 2.78. The van der Waals surface area contributed by atoms with E-state index >= 15 is 0 Å². The fraction of sp³-hybridized carbons (Fsp3) is 0.471. The van der Waals surface area contributed by atoms with E-state index in [1.165, 1.54) is 12.8 Å². The lowest BCUT2D eigenvalue weighted by Crippen LogP contribution is -2.38. The minimum absolute atomic E-state index is 0.132. The van der Waals surface area contributed by atoms with Crippen molar-refractivity contribution in [2.75, 3.05) is 6.54 Å². The molecule has 1 aromatic carbocycles. The molecule has 1 fully saturated rings. The lowest BCUT2D eigenvalue weighted by atomic mass is 10.1. The van der Waals surface area contributed by atoms with Gasteiger partial charge in [-0.05, 0) is 49.2 Å². The number of pyridine rings is 1. The quantitative estimate of drug-likeness (QED) is 0.875. The van der Waals surface area contributed by atoms with E-state index in [-0.39, 0.29) is 5.56 Å². The molecule has 1 aliphatic carbocycles. The van der Waals surface area contributed by atoms with Crippen LogP contribution in [0.2, 0.25) is 0 Å². The third-order valence-electron chi connectivity index (χ3n) is 4.13. The largest absolute Gasteiger partial charge is 0.313 e. The number of fused-ring (bicyclic) bond motifs is 1. The Kier molecular flexibility index (Phi) is 3.88. The zero-order chi connectivity index (χ0) is 13.9. The summed E-state index contributed by atoms with van der Waals surface area (Å²) in [6, 6.07) is 10.3. The van der Waals surface area contributed by atoms with Crippen molar-refractivity contribution in [3.05, 3.63) is 46.9 Å².